The van der Waals surface area contributed by atoms with Crippen molar-refractivity contribution >= 4 is 64.5 Å². The van der Waals surface area contributed by atoms with Crippen LogP contribution in [0.1, 0.15) is 19.4 Å². The summed E-state index contributed by atoms with van der Waals surface area (Å²) >= 11 is 8.29. The zero-order valence-electron chi connectivity index (χ0n) is 10.2. The summed E-state index contributed by atoms with van der Waals surface area (Å²) in [7, 11) is 0. The Labute approximate surface area is 126 Å². The Balaban J connectivity index is 2.37. The van der Waals surface area contributed by atoms with Gasteiger partial charge in [-0.3, -0.25) is 4.79 Å². The molecule has 0 fully saturated rings. The number of carbonyl (C=O) groups is 1. The summed E-state index contributed by atoms with van der Waals surface area (Å²) in [6.45, 7) is 5.63. The van der Waals surface area contributed by atoms with Crippen LogP contribution in [0, 0.1) is 6.92 Å². The molecule has 0 aliphatic heterocycles. The molecule has 1 heterocycles. The van der Waals surface area contributed by atoms with E-state index in [-0.39, 0.29) is 5.91 Å². The number of amides is 1. The van der Waals surface area contributed by atoms with Gasteiger partial charge in [-0.15, -0.1) is 0 Å². The van der Waals surface area contributed by atoms with E-state index in [0.717, 1.165) is 20.3 Å². The van der Waals surface area contributed by atoms with Crippen molar-refractivity contribution in [3.8, 4) is 0 Å². The second-order valence-electron chi connectivity index (χ2n) is 4.54. The molecule has 3 nitrogen and oxygen atoms in total. The number of halogens is 2. The van der Waals surface area contributed by atoms with E-state index in [1.54, 1.807) is 13.8 Å². The molecule has 1 aromatic heterocycles. The predicted octanol–water partition coefficient (Wildman–Crippen LogP) is 4.48. The number of fused-ring (bicyclic) bond motifs is 1. The fraction of sp³-hybridized carbons (Fsp3) is 0.333. The molecule has 0 aliphatic carbocycles. The average molecular weight is 392 g/mol. The van der Waals surface area contributed by atoms with E-state index >= 15 is 0 Å². The van der Waals surface area contributed by atoms with Crippen molar-refractivity contribution < 1.29 is 4.79 Å². The van der Waals surface area contributed by atoms with Crippen LogP contribution < -0.4 is 5.32 Å². The Morgan fingerprint density at radius 3 is 2.72 bits per heavy atom. The smallest absolute Gasteiger partial charge is 0.242 e. The maximum Gasteiger partial charge on any atom is 0.242 e. The van der Waals surface area contributed by atoms with Crippen LogP contribution in [0.5, 0.6) is 0 Å². The van der Waals surface area contributed by atoms with Gasteiger partial charge in [-0.05, 0) is 54.4 Å². The van der Waals surface area contributed by atoms with Crippen molar-refractivity contribution in [2.75, 3.05) is 5.32 Å². The van der Waals surface area contributed by atoms with E-state index in [2.05, 4.69) is 48.2 Å². The van der Waals surface area contributed by atoms with Gasteiger partial charge in [0.15, 0.2) is 5.13 Å². The molecule has 2 rings (SSSR count). The van der Waals surface area contributed by atoms with E-state index in [1.807, 2.05) is 13.0 Å². The Kier molecular flexibility index (Phi) is 3.80. The van der Waals surface area contributed by atoms with Crippen LogP contribution in [-0.4, -0.2) is 15.2 Å². The number of thiazole rings is 1. The van der Waals surface area contributed by atoms with E-state index in [9.17, 15) is 4.79 Å². The second-order valence-corrected chi connectivity index (χ2v) is 8.41. The van der Waals surface area contributed by atoms with Gasteiger partial charge in [0.1, 0.15) is 0 Å². The fourth-order valence-corrected chi connectivity index (χ4v) is 3.30. The number of aryl methyl sites for hydroxylation is 1. The van der Waals surface area contributed by atoms with Crippen LogP contribution in [-0.2, 0) is 4.79 Å². The first-order valence-electron chi connectivity index (χ1n) is 5.34. The molecule has 96 valence electrons. The standard InChI is InChI=1S/C12H12Br2N2OS/c1-6-4-7(13)9-8(5-6)18-11(15-9)16-10(17)12(2,3)14/h4-5H,1-3H3,(H,15,16,17). The lowest BCUT2D eigenvalue weighted by Crippen LogP contribution is -2.30. The maximum absolute atomic E-state index is 11.9. The third-order valence-electron chi connectivity index (χ3n) is 2.35. The minimum absolute atomic E-state index is 0.102. The van der Waals surface area contributed by atoms with Gasteiger partial charge in [0, 0.05) is 4.47 Å². The van der Waals surface area contributed by atoms with Gasteiger partial charge in [0.2, 0.25) is 5.91 Å². The van der Waals surface area contributed by atoms with Crippen molar-refractivity contribution in [2.45, 2.75) is 25.1 Å². The molecule has 0 saturated heterocycles. The Morgan fingerprint density at radius 2 is 2.11 bits per heavy atom. The number of rotatable bonds is 2. The number of anilines is 1. The Bertz CT molecular complexity index is 616. The van der Waals surface area contributed by atoms with Crippen LogP contribution in [0.4, 0.5) is 5.13 Å². The quantitative estimate of drug-likeness (QED) is 0.766. The lowest BCUT2D eigenvalue weighted by Gasteiger charge is -2.13. The molecule has 1 aromatic carbocycles. The molecule has 1 N–H and O–H groups in total. The van der Waals surface area contributed by atoms with Gasteiger partial charge in [-0.1, -0.05) is 27.3 Å². The first-order chi connectivity index (χ1) is 8.27. The summed E-state index contributed by atoms with van der Waals surface area (Å²) in [5, 5.41) is 3.44. The number of aromatic nitrogens is 1. The molecule has 0 radical (unpaired) electrons. The third kappa shape index (κ3) is 2.92. The molecule has 0 unspecified atom stereocenters. The largest absolute Gasteiger partial charge is 0.301 e. The molecule has 0 atom stereocenters. The number of hydrogen-bond donors (Lipinski definition) is 1. The number of benzene rings is 1. The Hall–Kier alpha value is -0.460. The van der Waals surface area contributed by atoms with Crippen molar-refractivity contribution in [2.24, 2.45) is 0 Å². The zero-order chi connectivity index (χ0) is 13.5. The van der Waals surface area contributed by atoms with Gasteiger partial charge in [-0.2, -0.15) is 0 Å². The summed E-state index contributed by atoms with van der Waals surface area (Å²) in [4.78, 5) is 16.3. The van der Waals surface area contributed by atoms with Crippen LogP contribution in [0.15, 0.2) is 16.6 Å². The molecule has 6 heteroatoms. The number of nitrogens with one attached hydrogen (secondary N) is 1. The highest BCUT2D eigenvalue weighted by Gasteiger charge is 2.24. The second kappa shape index (κ2) is 4.90. The van der Waals surface area contributed by atoms with Gasteiger partial charge in [0.25, 0.3) is 0 Å². The van der Waals surface area contributed by atoms with E-state index in [1.165, 1.54) is 11.3 Å². The summed E-state index contributed by atoms with van der Waals surface area (Å²) in [5.74, 6) is -0.102. The number of carbonyl (C=O) groups excluding carboxylic acids is 1. The highest BCUT2D eigenvalue weighted by atomic mass is 79.9. The van der Waals surface area contributed by atoms with Crippen molar-refractivity contribution in [1.29, 1.82) is 0 Å². The van der Waals surface area contributed by atoms with Gasteiger partial charge < -0.3 is 5.32 Å². The maximum atomic E-state index is 11.9. The van der Waals surface area contributed by atoms with E-state index < -0.39 is 4.32 Å². The van der Waals surface area contributed by atoms with Gasteiger partial charge in [0.05, 0.1) is 14.5 Å². The fourth-order valence-electron chi connectivity index (χ4n) is 1.42. The summed E-state index contributed by atoms with van der Waals surface area (Å²) < 4.78 is 1.41. The van der Waals surface area contributed by atoms with Crippen molar-refractivity contribution in [3.63, 3.8) is 0 Å². The first-order valence-corrected chi connectivity index (χ1v) is 7.74. The van der Waals surface area contributed by atoms with E-state index in [0.29, 0.717) is 5.13 Å². The number of hydrogen-bond acceptors (Lipinski definition) is 3. The lowest BCUT2D eigenvalue weighted by atomic mass is 10.2. The highest BCUT2D eigenvalue weighted by Crippen LogP contribution is 2.33. The Morgan fingerprint density at radius 1 is 1.44 bits per heavy atom. The van der Waals surface area contributed by atoms with Gasteiger partial charge in [-0.25, -0.2) is 4.98 Å². The molecule has 0 aliphatic rings. The first kappa shape index (κ1) is 14.0. The minimum atomic E-state index is -0.599. The summed E-state index contributed by atoms with van der Waals surface area (Å²) in [5.41, 5.74) is 2.05. The van der Waals surface area contributed by atoms with Crippen LogP contribution in [0.2, 0.25) is 0 Å². The monoisotopic (exact) mass is 390 g/mol. The van der Waals surface area contributed by atoms with E-state index in [4.69, 9.17) is 0 Å². The molecular formula is C12H12Br2N2OS. The molecular weight excluding hydrogens is 380 g/mol. The lowest BCUT2D eigenvalue weighted by molar-refractivity contribution is -0.117. The van der Waals surface area contributed by atoms with Crippen LogP contribution in [0.3, 0.4) is 0 Å². The van der Waals surface area contributed by atoms with Crippen molar-refractivity contribution in [3.05, 3.63) is 22.2 Å². The molecule has 0 spiro atoms. The highest BCUT2D eigenvalue weighted by molar-refractivity contribution is 9.10. The summed E-state index contributed by atoms with van der Waals surface area (Å²) in [6.07, 6.45) is 0. The average Bonchev–Trinajstić information content (AvgIpc) is 2.58. The molecule has 18 heavy (non-hydrogen) atoms. The van der Waals surface area contributed by atoms with Crippen LogP contribution in [0.25, 0.3) is 10.2 Å². The zero-order valence-corrected chi connectivity index (χ0v) is 14.2. The topological polar surface area (TPSA) is 42.0 Å². The molecule has 2 aromatic rings. The predicted molar refractivity (Wildman–Crippen MR) is 83.7 cm³/mol. The van der Waals surface area contributed by atoms with Gasteiger partial charge >= 0.3 is 0 Å². The molecule has 0 bridgehead atoms. The number of alkyl halides is 1. The van der Waals surface area contributed by atoms with Crippen molar-refractivity contribution in [1.82, 2.24) is 4.98 Å². The normalized spacial score (nSPS) is 11.8. The third-order valence-corrected chi connectivity index (χ3v) is 4.24. The number of nitrogens with zero attached hydrogens (tertiary/aromatic N) is 1. The molecule has 1 amide bonds. The minimum Gasteiger partial charge on any atom is -0.301 e. The summed E-state index contributed by atoms with van der Waals surface area (Å²) in [6, 6.07) is 4.08. The van der Waals surface area contributed by atoms with Crippen LogP contribution >= 0.6 is 43.2 Å². The SMILES string of the molecule is Cc1cc(Br)c2nc(NC(=O)C(C)(C)Br)sc2c1. The molecule has 0 saturated carbocycles.